The number of carbonyl (C=O) groups is 1. The Labute approximate surface area is 161 Å². The minimum absolute atomic E-state index is 0.0604. The standard InChI is InChI=1S/C18H18ClN3O4S/c1-27(25,26)17-10-13(9-16-14(17)11-22(21-16)6-7-23)20-18(24)8-12-4-2-3-5-15(12)19/h2-5,9-11,23H,6-8H2,1H3,(H,20,24). The van der Waals surface area contributed by atoms with Gasteiger partial charge in [-0.3, -0.25) is 9.48 Å². The number of aliphatic hydroxyl groups is 1. The molecular formula is C18H18ClN3O4S. The number of halogens is 1. The average molecular weight is 408 g/mol. The second kappa shape index (κ2) is 7.67. The molecule has 0 atom stereocenters. The molecule has 0 aliphatic rings. The van der Waals surface area contributed by atoms with Gasteiger partial charge in [0, 0.05) is 28.5 Å². The molecule has 0 saturated heterocycles. The summed E-state index contributed by atoms with van der Waals surface area (Å²) in [6.45, 7) is 0.121. The molecular weight excluding hydrogens is 390 g/mol. The fraction of sp³-hybridized carbons (Fsp3) is 0.222. The summed E-state index contributed by atoms with van der Waals surface area (Å²) >= 11 is 6.07. The van der Waals surface area contributed by atoms with Gasteiger partial charge in [0.1, 0.15) is 0 Å². The van der Waals surface area contributed by atoms with Gasteiger partial charge in [-0.05, 0) is 23.8 Å². The van der Waals surface area contributed by atoms with Crippen molar-refractivity contribution in [3.05, 3.63) is 53.2 Å². The van der Waals surface area contributed by atoms with Crippen LogP contribution in [0.15, 0.2) is 47.5 Å². The van der Waals surface area contributed by atoms with Crippen LogP contribution in [0.25, 0.3) is 10.9 Å². The number of nitrogens with zero attached hydrogens (tertiary/aromatic N) is 2. The van der Waals surface area contributed by atoms with Gasteiger partial charge in [0.15, 0.2) is 9.84 Å². The fourth-order valence-corrected chi connectivity index (χ4v) is 3.86. The summed E-state index contributed by atoms with van der Waals surface area (Å²) in [7, 11) is -3.54. The molecule has 1 heterocycles. The summed E-state index contributed by atoms with van der Waals surface area (Å²) in [4.78, 5) is 12.4. The molecule has 0 fully saturated rings. The van der Waals surface area contributed by atoms with Crippen LogP contribution in [0.4, 0.5) is 5.69 Å². The number of anilines is 1. The monoisotopic (exact) mass is 407 g/mol. The fourth-order valence-electron chi connectivity index (χ4n) is 2.76. The highest BCUT2D eigenvalue weighted by Gasteiger charge is 2.17. The SMILES string of the molecule is CS(=O)(=O)c1cc(NC(=O)Cc2ccccc2Cl)cc2nn(CCO)cc12. The lowest BCUT2D eigenvalue weighted by atomic mass is 10.1. The molecule has 1 amide bonds. The predicted molar refractivity (Wildman–Crippen MR) is 104 cm³/mol. The molecule has 0 unspecified atom stereocenters. The van der Waals surface area contributed by atoms with Gasteiger partial charge in [-0.1, -0.05) is 29.8 Å². The number of rotatable bonds is 6. The highest BCUT2D eigenvalue weighted by molar-refractivity contribution is 7.91. The van der Waals surface area contributed by atoms with Gasteiger partial charge in [0.25, 0.3) is 0 Å². The number of aromatic nitrogens is 2. The van der Waals surface area contributed by atoms with Gasteiger partial charge >= 0.3 is 0 Å². The summed E-state index contributed by atoms with van der Waals surface area (Å²) < 4.78 is 25.8. The van der Waals surface area contributed by atoms with E-state index in [1.807, 2.05) is 0 Å². The van der Waals surface area contributed by atoms with Gasteiger partial charge < -0.3 is 10.4 Å². The first-order valence-electron chi connectivity index (χ1n) is 8.13. The van der Waals surface area contributed by atoms with Crippen LogP contribution in [0.1, 0.15) is 5.56 Å². The largest absolute Gasteiger partial charge is 0.394 e. The van der Waals surface area contributed by atoms with Crippen molar-refractivity contribution in [2.45, 2.75) is 17.9 Å². The van der Waals surface area contributed by atoms with Crippen LogP contribution in [0.3, 0.4) is 0 Å². The summed E-state index contributed by atoms with van der Waals surface area (Å²) in [6.07, 6.45) is 2.72. The maximum atomic E-state index is 12.4. The van der Waals surface area contributed by atoms with Crippen molar-refractivity contribution in [2.24, 2.45) is 0 Å². The Hall–Kier alpha value is -2.42. The molecule has 0 aliphatic carbocycles. The van der Waals surface area contributed by atoms with Crippen LogP contribution in [0.2, 0.25) is 5.02 Å². The number of carbonyl (C=O) groups excluding carboxylic acids is 1. The molecule has 2 N–H and O–H groups in total. The van der Waals surface area contributed by atoms with Crippen molar-refractivity contribution in [3.63, 3.8) is 0 Å². The molecule has 0 spiro atoms. The highest BCUT2D eigenvalue weighted by atomic mass is 35.5. The summed E-state index contributed by atoms with van der Waals surface area (Å²) in [5.74, 6) is -0.323. The topological polar surface area (TPSA) is 101 Å². The van der Waals surface area contributed by atoms with Gasteiger partial charge in [-0.25, -0.2) is 8.42 Å². The van der Waals surface area contributed by atoms with Crippen LogP contribution < -0.4 is 5.32 Å². The number of nitrogens with one attached hydrogen (secondary N) is 1. The van der Waals surface area contributed by atoms with Crippen molar-refractivity contribution in [1.29, 1.82) is 0 Å². The Kier molecular flexibility index (Phi) is 5.50. The van der Waals surface area contributed by atoms with E-state index >= 15 is 0 Å². The maximum absolute atomic E-state index is 12.4. The van der Waals surface area contributed by atoms with Crippen molar-refractivity contribution in [1.82, 2.24) is 9.78 Å². The molecule has 0 saturated carbocycles. The smallest absolute Gasteiger partial charge is 0.228 e. The molecule has 3 aromatic rings. The van der Waals surface area contributed by atoms with Gasteiger partial charge in [-0.2, -0.15) is 5.10 Å². The number of benzene rings is 2. The number of amides is 1. The number of sulfone groups is 1. The molecule has 1 aromatic heterocycles. The molecule has 7 nitrogen and oxygen atoms in total. The average Bonchev–Trinajstić information content (AvgIpc) is 2.98. The number of hydrogen-bond acceptors (Lipinski definition) is 5. The van der Waals surface area contributed by atoms with Crippen molar-refractivity contribution < 1.29 is 18.3 Å². The van der Waals surface area contributed by atoms with Crippen molar-refractivity contribution in [3.8, 4) is 0 Å². The Balaban J connectivity index is 1.94. The van der Waals surface area contributed by atoms with E-state index < -0.39 is 9.84 Å². The van der Waals surface area contributed by atoms with E-state index in [0.29, 0.717) is 27.2 Å². The third-order valence-corrected chi connectivity index (χ3v) is 5.46. The molecule has 0 bridgehead atoms. The Morgan fingerprint density at radius 2 is 2.04 bits per heavy atom. The third kappa shape index (κ3) is 4.47. The van der Waals surface area contributed by atoms with E-state index in [1.54, 1.807) is 36.5 Å². The first kappa shape index (κ1) is 19.3. The zero-order valence-corrected chi connectivity index (χ0v) is 16.1. The van der Waals surface area contributed by atoms with E-state index in [9.17, 15) is 13.2 Å². The molecule has 27 heavy (non-hydrogen) atoms. The summed E-state index contributed by atoms with van der Waals surface area (Å²) in [6, 6.07) is 10.0. The third-order valence-electron chi connectivity index (χ3n) is 3.96. The molecule has 9 heteroatoms. The van der Waals surface area contributed by atoms with E-state index in [2.05, 4.69) is 10.4 Å². The van der Waals surface area contributed by atoms with E-state index in [1.165, 1.54) is 10.7 Å². The van der Waals surface area contributed by atoms with Gasteiger partial charge in [0.05, 0.1) is 30.0 Å². The van der Waals surface area contributed by atoms with Gasteiger partial charge in [-0.15, -0.1) is 0 Å². The first-order chi connectivity index (χ1) is 12.8. The first-order valence-corrected chi connectivity index (χ1v) is 10.4. The second-order valence-corrected chi connectivity index (χ2v) is 8.50. The molecule has 2 aromatic carbocycles. The molecule has 0 radical (unpaired) electrons. The zero-order valence-electron chi connectivity index (χ0n) is 14.5. The van der Waals surface area contributed by atoms with Crippen molar-refractivity contribution in [2.75, 3.05) is 18.2 Å². The summed E-state index contributed by atoms with van der Waals surface area (Å²) in [5.41, 5.74) is 1.42. The second-order valence-electron chi connectivity index (χ2n) is 6.11. The van der Waals surface area contributed by atoms with Crippen LogP contribution in [-0.2, 0) is 27.6 Å². The molecule has 142 valence electrons. The van der Waals surface area contributed by atoms with Gasteiger partial charge in [0.2, 0.25) is 5.91 Å². The predicted octanol–water partition coefficient (Wildman–Crippen LogP) is 2.27. The maximum Gasteiger partial charge on any atom is 0.228 e. The van der Waals surface area contributed by atoms with Crippen LogP contribution in [0.5, 0.6) is 0 Å². The minimum atomic E-state index is -3.54. The van der Waals surface area contributed by atoms with E-state index in [0.717, 1.165) is 6.26 Å². The summed E-state index contributed by atoms with van der Waals surface area (Å²) in [5, 5.41) is 17.0. The minimum Gasteiger partial charge on any atom is -0.394 e. The number of hydrogen-bond donors (Lipinski definition) is 2. The molecule has 0 aliphatic heterocycles. The van der Waals surface area contributed by atoms with Crippen LogP contribution >= 0.6 is 11.6 Å². The Morgan fingerprint density at radius 3 is 2.70 bits per heavy atom. The normalized spacial score (nSPS) is 11.7. The van der Waals surface area contributed by atoms with Crippen LogP contribution in [0, 0.1) is 0 Å². The Bertz CT molecular complexity index is 1110. The number of aliphatic hydroxyl groups excluding tert-OH is 1. The van der Waals surface area contributed by atoms with E-state index in [4.69, 9.17) is 16.7 Å². The van der Waals surface area contributed by atoms with Crippen molar-refractivity contribution >= 4 is 43.9 Å². The lowest BCUT2D eigenvalue weighted by Gasteiger charge is -2.09. The lowest BCUT2D eigenvalue weighted by molar-refractivity contribution is -0.115. The quantitative estimate of drug-likeness (QED) is 0.652. The lowest BCUT2D eigenvalue weighted by Crippen LogP contribution is -2.15. The Morgan fingerprint density at radius 1 is 1.30 bits per heavy atom. The van der Waals surface area contributed by atoms with E-state index in [-0.39, 0.29) is 30.4 Å². The van der Waals surface area contributed by atoms with Crippen LogP contribution in [-0.4, -0.2) is 42.1 Å². The highest BCUT2D eigenvalue weighted by Crippen LogP contribution is 2.27. The number of fused-ring (bicyclic) bond motifs is 1. The molecule has 3 rings (SSSR count). The zero-order chi connectivity index (χ0) is 19.6.